The van der Waals surface area contributed by atoms with Crippen molar-refractivity contribution >= 4 is 11.8 Å². The molecule has 0 radical (unpaired) electrons. The fourth-order valence-electron chi connectivity index (χ4n) is 2.71. The van der Waals surface area contributed by atoms with E-state index in [4.69, 9.17) is 0 Å². The van der Waals surface area contributed by atoms with Gasteiger partial charge in [0.2, 0.25) is 11.8 Å². The van der Waals surface area contributed by atoms with Crippen LogP contribution >= 0.6 is 0 Å². The molecule has 0 bridgehead atoms. The molecule has 2 amide bonds. The number of piperidine rings is 1. The van der Waals surface area contributed by atoms with Gasteiger partial charge in [-0.05, 0) is 32.2 Å². The molecule has 0 aromatic heterocycles. The van der Waals surface area contributed by atoms with Crippen LogP contribution in [0, 0.1) is 5.92 Å². The molecular weight excluding hydrogens is 218 g/mol. The molecule has 2 heterocycles. The second kappa shape index (κ2) is 5.49. The zero-order valence-electron chi connectivity index (χ0n) is 10.4. The van der Waals surface area contributed by atoms with Gasteiger partial charge in [-0.15, -0.1) is 0 Å². The van der Waals surface area contributed by atoms with E-state index < -0.39 is 0 Å². The maximum Gasteiger partial charge on any atom is 0.239 e. The van der Waals surface area contributed by atoms with E-state index in [2.05, 4.69) is 10.6 Å². The first-order valence-electron chi connectivity index (χ1n) is 6.46. The molecule has 0 spiro atoms. The van der Waals surface area contributed by atoms with E-state index >= 15 is 0 Å². The summed E-state index contributed by atoms with van der Waals surface area (Å²) in [6, 6.07) is -0.0153. The van der Waals surface area contributed by atoms with E-state index in [1.54, 1.807) is 7.05 Å². The molecule has 5 nitrogen and oxygen atoms in total. The molecule has 0 aromatic carbocycles. The zero-order chi connectivity index (χ0) is 12.3. The monoisotopic (exact) mass is 239 g/mol. The number of carbonyl (C=O) groups is 2. The van der Waals surface area contributed by atoms with Gasteiger partial charge in [0.15, 0.2) is 0 Å². The van der Waals surface area contributed by atoms with Crippen LogP contribution in [0.3, 0.4) is 0 Å². The Morgan fingerprint density at radius 3 is 2.76 bits per heavy atom. The highest BCUT2D eigenvalue weighted by atomic mass is 16.2. The molecule has 5 heteroatoms. The largest absolute Gasteiger partial charge is 0.359 e. The van der Waals surface area contributed by atoms with Crippen molar-refractivity contribution in [1.82, 2.24) is 15.5 Å². The third-order valence-electron chi connectivity index (χ3n) is 3.71. The molecule has 2 saturated heterocycles. The van der Waals surface area contributed by atoms with Crippen LogP contribution in [0.5, 0.6) is 0 Å². The zero-order valence-corrected chi connectivity index (χ0v) is 10.4. The van der Waals surface area contributed by atoms with Gasteiger partial charge in [0.1, 0.15) is 0 Å². The van der Waals surface area contributed by atoms with Crippen LogP contribution in [-0.4, -0.2) is 49.4 Å². The summed E-state index contributed by atoms with van der Waals surface area (Å²) in [5, 5.41) is 5.89. The third kappa shape index (κ3) is 2.77. The predicted molar refractivity (Wildman–Crippen MR) is 64.4 cm³/mol. The molecule has 2 rings (SSSR count). The average molecular weight is 239 g/mol. The Bertz CT molecular complexity index is 300. The number of carbonyl (C=O) groups excluding carboxylic acids is 2. The topological polar surface area (TPSA) is 61.4 Å². The lowest BCUT2D eigenvalue weighted by molar-refractivity contribution is -0.137. The van der Waals surface area contributed by atoms with Crippen LogP contribution < -0.4 is 10.6 Å². The lowest BCUT2D eigenvalue weighted by atomic mass is 9.96. The predicted octanol–water partition coefficient (Wildman–Crippen LogP) is -0.277. The summed E-state index contributed by atoms with van der Waals surface area (Å²) >= 11 is 0. The highest BCUT2D eigenvalue weighted by molar-refractivity contribution is 5.84. The van der Waals surface area contributed by atoms with Crippen molar-refractivity contribution in [3.63, 3.8) is 0 Å². The summed E-state index contributed by atoms with van der Waals surface area (Å²) in [5.74, 6) is 0.206. The first-order valence-corrected chi connectivity index (χ1v) is 6.46. The van der Waals surface area contributed by atoms with Crippen LogP contribution in [0.4, 0.5) is 0 Å². The van der Waals surface area contributed by atoms with Gasteiger partial charge in [0, 0.05) is 20.1 Å². The van der Waals surface area contributed by atoms with E-state index in [1.807, 2.05) is 4.90 Å². The Hall–Kier alpha value is -1.10. The summed E-state index contributed by atoms with van der Waals surface area (Å²) in [4.78, 5) is 25.6. The van der Waals surface area contributed by atoms with Crippen LogP contribution in [0.25, 0.3) is 0 Å². The minimum atomic E-state index is -0.0286. The van der Waals surface area contributed by atoms with Crippen molar-refractivity contribution in [2.24, 2.45) is 5.92 Å². The SMILES string of the molecule is CNC(=O)[C@H]1CCCN(C(=O)[C@H]2CCCN2)C1. The second-order valence-electron chi connectivity index (χ2n) is 4.89. The van der Waals surface area contributed by atoms with E-state index in [-0.39, 0.29) is 23.8 Å². The molecule has 0 aromatic rings. The second-order valence-corrected chi connectivity index (χ2v) is 4.89. The maximum absolute atomic E-state index is 12.2. The van der Waals surface area contributed by atoms with Gasteiger partial charge < -0.3 is 15.5 Å². The Morgan fingerprint density at radius 2 is 2.12 bits per heavy atom. The van der Waals surface area contributed by atoms with Gasteiger partial charge in [-0.3, -0.25) is 9.59 Å². The van der Waals surface area contributed by atoms with E-state index in [9.17, 15) is 9.59 Å². The van der Waals surface area contributed by atoms with Crippen molar-refractivity contribution in [3.05, 3.63) is 0 Å². The number of nitrogens with zero attached hydrogens (tertiary/aromatic N) is 1. The Labute approximate surface area is 102 Å². The quantitative estimate of drug-likeness (QED) is 0.697. The third-order valence-corrected chi connectivity index (χ3v) is 3.71. The van der Waals surface area contributed by atoms with Gasteiger partial charge in [-0.1, -0.05) is 0 Å². The summed E-state index contributed by atoms with van der Waals surface area (Å²) in [6.45, 7) is 2.31. The average Bonchev–Trinajstić information content (AvgIpc) is 2.91. The highest BCUT2D eigenvalue weighted by Crippen LogP contribution is 2.19. The minimum Gasteiger partial charge on any atom is -0.359 e. The summed E-state index contributed by atoms with van der Waals surface area (Å²) in [6.07, 6.45) is 3.82. The maximum atomic E-state index is 12.2. The first-order chi connectivity index (χ1) is 8.22. The fourth-order valence-corrected chi connectivity index (χ4v) is 2.71. The number of likely N-dealkylation sites (tertiary alicyclic amines) is 1. The van der Waals surface area contributed by atoms with Crippen LogP contribution in [0.1, 0.15) is 25.7 Å². The molecule has 96 valence electrons. The number of amides is 2. The van der Waals surface area contributed by atoms with Gasteiger partial charge >= 0.3 is 0 Å². The number of hydrogen-bond acceptors (Lipinski definition) is 3. The molecule has 2 aliphatic rings. The lowest BCUT2D eigenvalue weighted by Crippen LogP contribution is -2.50. The molecule has 0 unspecified atom stereocenters. The van der Waals surface area contributed by atoms with Gasteiger partial charge in [-0.2, -0.15) is 0 Å². The highest BCUT2D eigenvalue weighted by Gasteiger charge is 2.32. The van der Waals surface area contributed by atoms with E-state index in [0.717, 1.165) is 38.8 Å². The van der Waals surface area contributed by atoms with Crippen LogP contribution in [0.2, 0.25) is 0 Å². The molecular formula is C12H21N3O2. The van der Waals surface area contributed by atoms with E-state index in [0.29, 0.717) is 6.54 Å². The number of nitrogens with one attached hydrogen (secondary N) is 2. The molecule has 2 fully saturated rings. The number of hydrogen-bond donors (Lipinski definition) is 2. The smallest absolute Gasteiger partial charge is 0.239 e. The standard InChI is InChI=1S/C12H21N3O2/c1-13-11(16)9-4-3-7-15(8-9)12(17)10-5-2-6-14-10/h9-10,14H,2-8H2,1H3,(H,13,16)/t9-,10+/m0/s1. The number of rotatable bonds is 2. The van der Waals surface area contributed by atoms with Crippen LogP contribution in [0.15, 0.2) is 0 Å². The van der Waals surface area contributed by atoms with E-state index in [1.165, 1.54) is 0 Å². The lowest BCUT2D eigenvalue weighted by Gasteiger charge is -2.33. The molecule has 2 atom stereocenters. The van der Waals surface area contributed by atoms with Gasteiger partial charge in [0.25, 0.3) is 0 Å². The fraction of sp³-hybridized carbons (Fsp3) is 0.833. The van der Waals surface area contributed by atoms with Crippen molar-refractivity contribution < 1.29 is 9.59 Å². The van der Waals surface area contributed by atoms with Crippen molar-refractivity contribution in [2.75, 3.05) is 26.7 Å². The molecule has 2 N–H and O–H groups in total. The molecule has 17 heavy (non-hydrogen) atoms. The van der Waals surface area contributed by atoms with Crippen molar-refractivity contribution in [1.29, 1.82) is 0 Å². The van der Waals surface area contributed by atoms with Crippen LogP contribution in [-0.2, 0) is 9.59 Å². The normalized spacial score (nSPS) is 29.1. The summed E-state index contributed by atoms with van der Waals surface area (Å²) < 4.78 is 0. The molecule has 0 aliphatic carbocycles. The summed E-state index contributed by atoms with van der Waals surface area (Å²) in [5.41, 5.74) is 0. The van der Waals surface area contributed by atoms with Gasteiger partial charge in [-0.25, -0.2) is 0 Å². The first kappa shape index (κ1) is 12.4. The van der Waals surface area contributed by atoms with Crippen molar-refractivity contribution in [3.8, 4) is 0 Å². The van der Waals surface area contributed by atoms with Crippen molar-refractivity contribution in [2.45, 2.75) is 31.7 Å². The van der Waals surface area contributed by atoms with Gasteiger partial charge in [0.05, 0.1) is 12.0 Å². The minimum absolute atomic E-state index is 0.0153. The Balaban J connectivity index is 1.92. The molecule has 0 saturated carbocycles. The summed E-state index contributed by atoms with van der Waals surface area (Å²) in [7, 11) is 1.65. The molecule has 2 aliphatic heterocycles. The Kier molecular flexibility index (Phi) is 3.99. The Morgan fingerprint density at radius 1 is 1.29 bits per heavy atom.